The molecule has 1 rings (SSSR count). The van der Waals surface area contributed by atoms with E-state index in [0.717, 1.165) is 5.56 Å². The van der Waals surface area contributed by atoms with Crippen molar-refractivity contribution >= 4 is 11.7 Å². The lowest BCUT2D eigenvalue weighted by Crippen LogP contribution is -2.23. The number of nitrogens with one attached hydrogen (secondary N) is 1. The molecule has 0 saturated carbocycles. The van der Waals surface area contributed by atoms with Crippen molar-refractivity contribution in [2.75, 3.05) is 14.2 Å². The first-order valence-corrected chi connectivity index (χ1v) is 6.04. The number of carbonyl (C=O) groups is 2. The SMILES string of the molecule is COc1ccc(CNC(=O)CCC(C)=O)c(OC)c1. The maximum atomic E-state index is 11.5. The van der Waals surface area contributed by atoms with Crippen molar-refractivity contribution in [3.8, 4) is 11.5 Å². The third kappa shape index (κ3) is 4.99. The molecule has 0 aliphatic carbocycles. The summed E-state index contributed by atoms with van der Waals surface area (Å²) in [6.07, 6.45) is 0.486. The van der Waals surface area contributed by atoms with Gasteiger partial charge in [-0.1, -0.05) is 0 Å². The quantitative estimate of drug-likeness (QED) is 0.814. The lowest BCUT2D eigenvalue weighted by molar-refractivity contribution is -0.124. The molecule has 0 bridgehead atoms. The summed E-state index contributed by atoms with van der Waals surface area (Å²) in [7, 11) is 3.15. The Morgan fingerprint density at radius 2 is 1.89 bits per heavy atom. The molecule has 0 unspecified atom stereocenters. The maximum Gasteiger partial charge on any atom is 0.220 e. The summed E-state index contributed by atoms with van der Waals surface area (Å²) in [5.74, 6) is 1.22. The van der Waals surface area contributed by atoms with Gasteiger partial charge in [0.2, 0.25) is 5.91 Å². The average Bonchev–Trinajstić information content (AvgIpc) is 2.42. The molecular weight excluding hydrogens is 246 g/mol. The molecule has 0 aliphatic heterocycles. The minimum absolute atomic E-state index is 0.0113. The molecule has 5 nitrogen and oxygen atoms in total. The molecule has 0 aromatic heterocycles. The minimum atomic E-state index is -0.145. The van der Waals surface area contributed by atoms with Gasteiger partial charge in [-0.05, 0) is 19.1 Å². The lowest BCUT2D eigenvalue weighted by atomic mass is 10.1. The van der Waals surface area contributed by atoms with E-state index >= 15 is 0 Å². The first kappa shape index (κ1) is 15.0. The van der Waals surface area contributed by atoms with Gasteiger partial charge in [0.1, 0.15) is 17.3 Å². The highest BCUT2D eigenvalue weighted by Gasteiger charge is 2.07. The predicted molar refractivity (Wildman–Crippen MR) is 71.3 cm³/mol. The molecule has 1 amide bonds. The molecule has 5 heteroatoms. The summed E-state index contributed by atoms with van der Waals surface area (Å²) in [4.78, 5) is 22.3. The van der Waals surface area contributed by atoms with Crippen LogP contribution in [0, 0.1) is 0 Å². The molecule has 0 spiro atoms. The standard InChI is InChI=1S/C14H19NO4/c1-10(16)4-7-14(17)15-9-11-5-6-12(18-2)8-13(11)19-3/h5-6,8H,4,7,9H2,1-3H3,(H,15,17). The van der Waals surface area contributed by atoms with Crippen LogP contribution < -0.4 is 14.8 Å². The molecule has 0 atom stereocenters. The van der Waals surface area contributed by atoms with Gasteiger partial charge in [-0.2, -0.15) is 0 Å². The van der Waals surface area contributed by atoms with Gasteiger partial charge in [-0.25, -0.2) is 0 Å². The summed E-state index contributed by atoms with van der Waals surface area (Å²) < 4.78 is 10.3. The van der Waals surface area contributed by atoms with E-state index in [-0.39, 0.29) is 24.5 Å². The Kier molecular flexibility index (Phi) is 5.85. The average molecular weight is 265 g/mol. The van der Waals surface area contributed by atoms with Crippen molar-refractivity contribution in [3.05, 3.63) is 23.8 Å². The van der Waals surface area contributed by atoms with Crippen LogP contribution in [0.25, 0.3) is 0 Å². The van der Waals surface area contributed by atoms with E-state index < -0.39 is 0 Å². The number of ketones is 1. The summed E-state index contributed by atoms with van der Waals surface area (Å²) >= 11 is 0. The number of amides is 1. The highest BCUT2D eigenvalue weighted by Crippen LogP contribution is 2.24. The summed E-state index contributed by atoms with van der Waals surface area (Å²) in [6.45, 7) is 1.84. The maximum absolute atomic E-state index is 11.5. The predicted octanol–water partition coefficient (Wildman–Crippen LogP) is 1.69. The van der Waals surface area contributed by atoms with E-state index in [0.29, 0.717) is 18.0 Å². The number of methoxy groups -OCH3 is 2. The molecule has 0 heterocycles. The summed E-state index contributed by atoms with van der Waals surface area (Å²) in [5.41, 5.74) is 0.861. The van der Waals surface area contributed by atoms with Crippen molar-refractivity contribution < 1.29 is 19.1 Å². The van der Waals surface area contributed by atoms with Gasteiger partial charge in [0.15, 0.2) is 0 Å². The van der Waals surface area contributed by atoms with Crippen LogP contribution in [0.2, 0.25) is 0 Å². The van der Waals surface area contributed by atoms with Gasteiger partial charge >= 0.3 is 0 Å². The number of hydrogen-bond donors (Lipinski definition) is 1. The third-order valence-electron chi connectivity index (χ3n) is 2.67. The van der Waals surface area contributed by atoms with Crippen LogP contribution in [0.15, 0.2) is 18.2 Å². The molecule has 1 aromatic rings. The number of benzene rings is 1. The highest BCUT2D eigenvalue weighted by molar-refractivity contribution is 5.83. The van der Waals surface area contributed by atoms with Gasteiger partial charge in [0.25, 0.3) is 0 Å². The van der Waals surface area contributed by atoms with Gasteiger partial charge < -0.3 is 19.6 Å². The summed E-state index contributed by atoms with van der Waals surface area (Å²) in [5, 5.41) is 2.75. The fourth-order valence-corrected chi connectivity index (χ4v) is 1.57. The monoisotopic (exact) mass is 265 g/mol. The highest BCUT2D eigenvalue weighted by atomic mass is 16.5. The van der Waals surface area contributed by atoms with Crippen LogP contribution in [-0.4, -0.2) is 25.9 Å². The second-order valence-electron chi connectivity index (χ2n) is 4.16. The topological polar surface area (TPSA) is 64.6 Å². The Labute approximate surface area is 112 Å². The molecule has 0 fully saturated rings. The first-order valence-electron chi connectivity index (χ1n) is 6.04. The van der Waals surface area contributed by atoms with Crippen LogP contribution in [-0.2, 0) is 16.1 Å². The van der Waals surface area contributed by atoms with Crippen molar-refractivity contribution in [1.29, 1.82) is 0 Å². The van der Waals surface area contributed by atoms with E-state index in [1.54, 1.807) is 26.4 Å². The largest absolute Gasteiger partial charge is 0.497 e. The van der Waals surface area contributed by atoms with Crippen LogP contribution in [0.5, 0.6) is 11.5 Å². The molecule has 0 radical (unpaired) electrons. The van der Waals surface area contributed by atoms with Crippen LogP contribution >= 0.6 is 0 Å². The fourth-order valence-electron chi connectivity index (χ4n) is 1.57. The van der Waals surface area contributed by atoms with E-state index in [9.17, 15) is 9.59 Å². The molecule has 0 aliphatic rings. The van der Waals surface area contributed by atoms with E-state index in [1.807, 2.05) is 6.07 Å². The number of rotatable bonds is 7. The van der Waals surface area contributed by atoms with E-state index in [1.165, 1.54) is 6.92 Å². The third-order valence-corrected chi connectivity index (χ3v) is 2.67. The molecule has 1 aromatic carbocycles. The summed E-state index contributed by atoms with van der Waals surface area (Å²) in [6, 6.07) is 5.40. The van der Waals surface area contributed by atoms with E-state index in [2.05, 4.69) is 5.32 Å². The second-order valence-corrected chi connectivity index (χ2v) is 4.16. The van der Waals surface area contributed by atoms with E-state index in [4.69, 9.17) is 9.47 Å². The second kappa shape index (κ2) is 7.41. The number of ether oxygens (including phenoxy) is 2. The Morgan fingerprint density at radius 1 is 1.16 bits per heavy atom. The van der Waals surface area contributed by atoms with Gasteiger partial charge in [-0.3, -0.25) is 4.79 Å². The molecule has 19 heavy (non-hydrogen) atoms. The Hall–Kier alpha value is -2.04. The van der Waals surface area contributed by atoms with Gasteiger partial charge in [0.05, 0.1) is 14.2 Å². The first-order chi connectivity index (χ1) is 9.06. The van der Waals surface area contributed by atoms with Gasteiger partial charge in [-0.15, -0.1) is 0 Å². The zero-order valence-electron chi connectivity index (χ0n) is 11.5. The zero-order chi connectivity index (χ0) is 14.3. The Bertz CT molecular complexity index is 457. The van der Waals surface area contributed by atoms with Crippen LogP contribution in [0.4, 0.5) is 0 Å². The number of carbonyl (C=O) groups excluding carboxylic acids is 2. The number of Topliss-reactive ketones (excluding diaryl/α,β-unsaturated/α-hetero) is 1. The van der Waals surface area contributed by atoms with Crippen molar-refractivity contribution in [2.45, 2.75) is 26.3 Å². The fraction of sp³-hybridized carbons (Fsp3) is 0.429. The zero-order valence-corrected chi connectivity index (χ0v) is 11.5. The van der Waals surface area contributed by atoms with Crippen LogP contribution in [0.1, 0.15) is 25.3 Å². The molecular formula is C14H19NO4. The normalized spacial score (nSPS) is 9.84. The van der Waals surface area contributed by atoms with Crippen LogP contribution in [0.3, 0.4) is 0 Å². The smallest absolute Gasteiger partial charge is 0.220 e. The minimum Gasteiger partial charge on any atom is -0.497 e. The van der Waals surface area contributed by atoms with Crippen molar-refractivity contribution in [2.24, 2.45) is 0 Å². The molecule has 104 valence electrons. The van der Waals surface area contributed by atoms with Gasteiger partial charge in [0, 0.05) is 31.0 Å². The lowest BCUT2D eigenvalue weighted by Gasteiger charge is -2.11. The molecule has 1 N–H and O–H groups in total. The molecule has 0 saturated heterocycles. The Balaban J connectivity index is 2.57. The van der Waals surface area contributed by atoms with Crippen molar-refractivity contribution in [3.63, 3.8) is 0 Å². The Morgan fingerprint density at radius 3 is 2.47 bits per heavy atom. The van der Waals surface area contributed by atoms with Crippen molar-refractivity contribution in [1.82, 2.24) is 5.32 Å². The number of hydrogen-bond acceptors (Lipinski definition) is 4.